The molecule has 18 heavy (non-hydrogen) atoms. The first kappa shape index (κ1) is 13.3. The van der Waals surface area contributed by atoms with Gasteiger partial charge in [0.2, 0.25) is 0 Å². The molecule has 1 fully saturated rings. The number of Topliss-reactive ketones (excluding diaryl/α,β-unsaturated/α-hetero) is 1. The van der Waals surface area contributed by atoms with Gasteiger partial charge in [0, 0.05) is 6.04 Å². The molecule has 1 aliphatic rings. The maximum Gasteiger partial charge on any atom is 0.138 e. The summed E-state index contributed by atoms with van der Waals surface area (Å²) >= 11 is 0. The Bertz CT molecular complexity index is 387. The monoisotopic (exact) mass is 245 g/mol. The second-order valence-electron chi connectivity index (χ2n) is 5.19. The molecule has 0 bridgehead atoms. The van der Waals surface area contributed by atoms with Crippen molar-refractivity contribution in [2.75, 3.05) is 13.1 Å². The molecule has 0 N–H and O–H groups in total. The van der Waals surface area contributed by atoms with Gasteiger partial charge in [0.1, 0.15) is 5.78 Å². The Hall–Kier alpha value is -1.15. The van der Waals surface area contributed by atoms with Crippen molar-refractivity contribution >= 4 is 5.78 Å². The van der Waals surface area contributed by atoms with E-state index in [1.165, 1.54) is 18.4 Å². The number of piperidine rings is 1. The summed E-state index contributed by atoms with van der Waals surface area (Å²) in [6.45, 7) is 6.11. The van der Waals surface area contributed by atoms with E-state index in [0.29, 0.717) is 11.8 Å². The minimum Gasteiger partial charge on any atom is -0.300 e. The summed E-state index contributed by atoms with van der Waals surface area (Å²) in [5.74, 6) is 0.345. The highest BCUT2D eigenvalue weighted by Gasteiger charge is 2.32. The van der Waals surface area contributed by atoms with Crippen molar-refractivity contribution in [3.05, 3.63) is 35.9 Å². The average Bonchev–Trinajstić information content (AvgIpc) is 2.40. The molecule has 0 amide bonds. The summed E-state index contributed by atoms with van der Waals surface area (Å²) in [5, 5.41) is 0. The van der Waals surface area contributed by atoms with Crippen molar-refractivity contribution in [3.8, 4) is 0 Å². The summed E-state index contributed by atoms with van der Waals surface area (Å²) in [6.07, 6.45) is 3.66. The van der Waals surface area contributed by atoms with Crippen LogP contribution >= 0.6 is 0 Å². The lowest BCUT2D eigenvalue weighted by atomic mass is 9.83. The van der Waals surface area contributed by atoms with Gasteiger partial charge < -0.3 is 0 Å². The van der Waals surface area contributed by atoms with Gasteiger partial charge in [-0.3, -0.25) is 9.69 Å². The van der Waals surface area contributed by atoms with Crippen molar-refractivity contribution in [1.29, 1.82) is 0 Å². The van der Waals surface area contributed by atoms with Gasteiger partial charge in [-0.1, -0.05) is 43.7 Å². The first-order chi connectivity index (χ1) is 8.74. The van der Waals surface area contributed by atoms with Crippen LogP contribution in [0.25, 0.3) is 0 Å². The molecule has 0 aliphatic carbocycles. The zero-order valence-corrected chi connectivity index (χ0v) is 11.4. The zero-order chi connectivity index (χ0) is 13.0. The van der Waals surface area contributed by atoms with E-state index in [9.17, 15) is 4.79 Å². The van der Waals surface area contributed by atoms with Crippen LogP contribution in [0.1, 0.15) is 44.6 Å². The van der Waals surface area contributed by atoms with Gasteiger partial charge in [-0.15, -0.1) is 0 Å². The molecule has 2 heteroatoms. The second kappa shape index (κ2) is 6.14. The predicted octanol–water partition coefficient (Wildman–Crippen LogP) is 3.23. The van der Waals surface area contributed by atoms with E-state index < -0.39 is 0 Å². The lowest BCUT2D eigenvalue weighted by Gasteiger charge is -2.39. The SMILES string of the molecule is CCN1CCCCC1C(C(C)=O)c1ccccc1. The molecule has 1 saturated heterocycles. The van der Waals surface area contributed by atoms with Crippen LogP contribution < -0.4 is 0 Å². The van der Waals surface area contributed by atoms with Crippen LogP contribution in [0.3, 0.4) is 0 Å². The molecule has 2 rings (SSSR count). The molecule has 2 nitrogen and oxygen atoms in total. The largest absolute Gasteiger partial charge is 0.300 e. The Kier molecular flexibility index (Phi) is 4.54. The number of hydrogen-bond acceptors (Lipinski definition) is 2. The fourth-order valence-electron chi connectivity index (χ4n) is 3.18. The Morgan fingerprint density at radius 2 is 2.06 bits per heavy atom. The molecule has 2 unspecified atom stereocenters. The third-order valence-corrected chi connectivity index (χ3v) is 4.05. The van der Waals surface area contributed by atoms with Gasteiger partial charge in [-0.25, -0.2) is 0 Å². The third-order valence-electron chi connectivity index (χ3n) is 4.05. The topological polar surface area (TPSA) is 20.3 Å². The van der Waals surface area contributed by atoms with Gasteiger partial charge in [0.25, 0.3) is 0 Å². The fourth-order valence-corrected chi connectivity index (χ4v) is 3.18. The molecule has 2 atom stereocenters. The minimum atomic E-state index is 0.0476. The molecular weight excluding hydrogens is 222 g/mol. The zero-order valence-electron chi connectivity index (χ0n) is 11.4. The summed E-state index contributed by atoms with van der Waals surface area (Å²) in [4.78, 5) is 14.6. The average molecular weight is 245 g/mol. The van der Waals surface area contributed by atoms with Crippen LogP contribution in [0.15, 0.2) is 30.3 Å². The Morgan fingerprint density at radius 3 is 2.67 bits per heavy atom. The fraction of sp³-hybridized carbons (Fsp3) is 0.562. The number of nitrogens with zero attached hydrogens (tertiary/aromatic N) is 1. The molecular formula is C16H23NO. The van der Waals surface area contributed by atoms with Crippen molar-refractivity contribution in [2.45, 2.75) is 45.1 Å². The molecule has 0 saturated carbocycles. The Labute approximate surface area is 110 Å². The number of likely N-dealkylation sites (tertiary alicyclic amines) is 1. The maximum atomic E-state index is 12.1. The third kappa shape index (κ3) is 2.81. The Balaban J connectivity index is 2.27. The van der Waals surface area contributed by atoms with E-state index in [-0.39, 0.29) is 5.92 Å². The highest BCUT2D eigenvalue weighted by molar-refractivity contribution is 5.84. The van der Waals surface area contributed by atoms with Crippen LogP contribution in [-0.2, 0) is 4.79 Å². The highest BCUT2D eigenvalue weighted by Crippen LogP contribution is 2.31. The lowest BCUT2D eigenvalue weighted by Crippen LogP contribution is -2.44. The standard InChI is InChI=1S/C16H23NO/c1-3-17-12-8-7-11-15(17)16(13(2)18)14-9-5-4-6-10-14/h4-6,9-10,15-16H,3,7-8,11-12H2,1-2H3. The predicted molar refractivity (Wildman–Crippen MR) is 74.8 cm³/mol. The van der Waals surface area contributed by atoms with E-state index in [1.807, 2.05) is 18.2 Å². The summed E-state index contributed by atoms with van der Waals surface area (Å²) in [7, 11) is 0. The summed E-state index contributed by atoms with van der Waals surface area (Å²) in [5.41, 5.74) is 1.18. The number of carbonyl (C=O) groups is 1. The van der Waals surface area contributed by atoms with Gasteiger partial charge in [0.15, 0.2) is 0 Å². The highest BCUT2D eigenvalue weighted by atomic mass is 16.1. The number of hydrogen-bond donors (Lipinski definition) is 0. The smallest absolute Gasteiger partial charge is 0.138 e. The molecule has 0 radical (unpaired) electrons. The van der Waals surface area contributed by atoms with Crippen LogP contribution in [0.2, 0.25) is 0 Å². The van der Waals surface area contributed by atoms with E-state index in [1.54, 1.807) is 6.92 Å². The molecule has 1 aliphatic heterocycles. The molecule has 1 aromatic rings. The first-order valence-electron chi connectivity index (χ1n) is 7.03. The van der Waals surface area contributed by atoms with Crippen LogP contribution in [0.5, 0.6) is 0 Å². The van der Waals surface area contributed by atoms with Gasteiger partial charge >= 0.3 is 0 Å². The number of likely N-dealkylation sites (N-methyl/N-ethyl adjacent to an activating group) is 1. The van der Waals surface area contributed by atoms with Gasteiger partial charge in [-0.05, 0) is 38.4 Å². The van der Waals surface area contributed by atoms with Gasteiger partial charge in [0.05, 0.1) is 5.92 Å². The van der Waals surface area contributed by atoms with E-state index in [0.717, 1.165) is 19.5 Å². The number of rotatable bonds is 4. The van der Waals surface area contributed by atoms with Gasteiger partial charge in [-0.2, -0.15) is 0 Å². The first-order valence-corrected chi connectivity index (χ1v) is 7.03. The maximum absolute atomic E-state index is 12.1. The van der Waals surface area contributed by atoms with Crippen LogP contribution in [-0.4, -0.2) is 29.8 Å². The number of carbonyl (C=O) groups excluding carboxylic acids is 1. The molecule has 98 valence electrons. The van der Waals surface area contributed by atoms with Crippen LogP contribution in [0, 0.1) is 0 Å². The molecule has 0 spiro atoms. The molecule has 0 aromatic heterocycles. The van der Waals surface area contributed by atoms with E-state index in [2.05, 4.69) is 24.0 Å². The number of benzene rings is 1. The van der Waals surface area contributed by atoms with Crippen molar-refractivity contribution in [2.24, 2.45) is 0 Å². The molecule has 1 aromatic carbocycles. The summed E-state index contributed by atoms with van der Waals surface area (Å²) < 4.78 is 0. The number of ketones is 1. The quantitative estimate of drug-likeness (QED) is 0.811. The normalized spacial score (nSPS) is 22.7. The second-order valence-corrected chi connectivity index (χ2v) is 5.19. The van der Waals surface area contributed by atoms with Crippen LogP contribution in [0.4, 0.5) is 0 Å². The lowest BCUT2D eigenvalue weighted by molar-refractivity contribution is -0.120. The Morgan fingerprint density at radius 1 is 1.33 bits per heavy atom. The minimum absolute atomic E-state index is 0.0476. The molecule has 1 heterocycles. The van der Waals surface area contributed by atoms with E-state index >= 15 is 0 Å². The van der Waals surface area contributed by atoms with E-state index in [4.69, 9.17) is 0 Å². The summed E-state index contributed by atoms with van der Waals surface area (Å²) in [6, 6.07) is 10.7. The van der Waals surface area contributed by atoms with Crippen molar-refractivity contribution < 1.29 is 4.79 Å². The van der Waals surface area contributed by atoms with Crippen molar-refractivity contribution in [1.82, 2.24) is 4.90 Å². The van der Waals surface area contributed by atoms with Crippen molar-refractivity contribution in [3.63, 3.8) is 0 Å².